The number of methoxy groups -OCH3 is 1. The van der Waals surface area contributed by atoms with Crippen LogP contribution in [0.4, 0.5) is 5.69 Å². The molecule has 0 saturated carbocycles. The summed E-state index contributed by atoms with van der Waals surface area (Å²) >= 11 is 0. The molecule has 4 aromatic rings. The fourth-order valence-corrected chi connectivity index (χ4v) is 5.16. The standard InChI is InChI=1S/C27H35N5O7S/c1-7-9-37-19-12-20(38-11-8-10-36-6)14-21(13-19)39-25-16-24-23(31(4)27(33)32(24)5)15-22(25)29-40(34,35)26-17-30(3)18(2)28-26/h12-17,29H,7-11H2,1-6H3. The lowest BCUT2D eigenvalue weighted by Gasteiger charge is -2.16. The molecule has 2 aromatic carbocycles. The molecule has 0 unspecified atom stereocenters. The van der Waals surface area contributed by atoms with Crippen LogP contribution in [0.3, 0.4) is 0 Å². The van der Waals surface area contributed by atoms with E-state index >= 15 is 0 Å². The van der Waals surface area contributed by atoms with E-state index in [-0.39, 0.29) is 22.2 Å². The molecule has 13 heteroatoms. The van der Waals surface area contributed by atoms with Crippen LogP contribution in [0.15, 0.2) is 46.3 Å². The Labute approximate surface area is 233 Å². The van der Waals surface area contributed by atoms with Gasteiger partial charge in [-0.3, -0.25) is 13.9 Å². The molecule has 0 atom stereocenters. The highest BCUT2D eigenvalue weighted by Crippen LogP contribution is 2.37. The van der Waals surface area contributed by atoms with Gasteiger partial charge < -0.3 is 23.5 Å². The molecule has 2 heterocycles. The number of hydrogen-bond acceptors (Lipinski definition) is 8. The molecule has 0 saturated heterocycles. The molecule has 40 heavy (non-hydrogen) atoms. The highest BCUT2D eigenvalue weighted by atomic mass is 32.2. The summed E-state index contributed by atoms with van der Waals surface area (Å²) in [4.78, 5) is 16.8. The second-order valence-corrected chi connectivity index (χ2v) is 11.0. The number of aromatic nitrogens is 4. The molecule has 0 fully saturated rings. The molecule has 0 amide bonds. The van der Waals surface area contributed by atoms with E-state index in [1.807, 2.05) is 6.92 Å². The van der Waals surface area contributed by atoms with Crippen molar-refractivity contribution in [3.8, 4) is 23.0 Å². The number of fused-ring (bicyclic) bond motifs is 1. The maximum atomic E-state index is 13.3. The minimum absolute atomic E-state index is 0.137. The van der Waals surface area contributed by atoms with E-state index in [1.54, 1.807) is 70.1 Å². The van der Waals surface area contributed by atoms with Gasteiger partial charge in [-0.05, 0) is 19.4 Å². The van der Waals surface area contributed by atoms with Crippen LogP contribution < -0.4 is 24.6 Å². The third-order valence-corrected chi connectivity index (χ3v) is 7.53. The molecule has 4 rings (SSSR count). The van der Waals surface area contributed by atoms with E-state index in [4.69, 9.17) is 18.9 Å². The van der Waals surface area contributed by atoms with Gasteiger partial charge in [-0.1, -0.05) is 6.92 Å². The number of sulfonamides is 1. The SMILES string of the molecule is CCCOc1cc(OCCCOC)cc(Oc2cc3c(cc2NS(=O)(=O)c2cn(C)c(C)n2)n(C)c(=O)n3C)c1. The van der Waals surface area contributed by atoms with E-state index in [0.29, 0.717) is 60.3 Å². The van der Waals surface area contributed by atoms with Gasteiger partial charge in [0.05, 0.1) is 29.9 Å². The van der Waals surface area contributed by atoms with E-state index in [2.05, 4.69) is 9.71 Å². The van der Waals surface area contributed by atoms with Gasteiger partial charge in [-0.25, -0.2) is 9.78 Å². The summed E-state index contributed by atoms with van der Waals surface area (Å²) in [5, 5.41) is -0.137. The van der Waals surface area contributed by atoms with Crippen LogP contribution >= 0.6 is 0 Å². The summed E-state index contributed by atoms with van der Waals surface area (Å²) in [5.74, 6) is 2.16. The van der Waals surface area contributed by atoms with Gasteiger partial charge in [-0.2, -0.15) is 8.42 Å². The van der Waals surface area contributed by atoms with Gasteiger partial charge in [0.25, 0.3) is 10.0 Å². The van der Waals surface area contributed by atoms with E-state index in [9.17, 15) is 13.2 Å². The second-order valence-electron chi connectivity index (χ2n) is 9.37. The molecule has 0 aliphatic heterocycles. The Morgan fingerprint density at radius 1 is 0.900 bits per heavy atom. The smallest absolute Gasteiger partial charge is 0.328 e. The fraction of sp³-hybridized carbons (Fsp3) is 0.407. The van der Waals surface area contributed by atoms with Crippen LogP contribution in [0, 0.1) is 6.92 Å². The molecule has 12 nitrogen and oxygen atoms in total. The number of anilines is 1. The zero-order chi connectivity index (χ0) is 29.0. The molecular weight excluding hydrogens is 538 g/mol. The summed E-state index contributed by atoms with van der Waals surface area (Å²) in [6.07, 6.45) is 2.94. The average molecular weight is 574 g/mol. The van der Waals surface area contributed by atoms with Crippen molar-refractivity contribution in [1.82, 2.24) is 18.7 Å². The molecule has 0 spiro atoms. The van der Waals surface area contributed by atoms with Gasteiger partial charge in [0.15, 0.2) is 10.8 Å². The number of benzene rings is 2. The van der Waals surface area contributed by atoms with Crippen LogP contribution in [0.5, 0.6) is 23.0 Å². The maximum absolute atomic E-state index is 13.3. The summed E-state index contributed by atoms with van der Waals surface area (Å²) in [7, 11) is 2.52. The molecule has 216 valence electrons. The Bertz CT molecular complexity index is 1650. The third-order valence-electron chi connectivity index (χ3n) is 6.30. The highest BCUT2D eigenvalue weighted by Gasteiger charge is 2.23. The Balaban J connectivity index is 1.77. The van der Waals surface area contributed by atoms with Crippen LogP contribution in [0.1, 0.15) is 25.6 Å². The summed E-state index contributed by atoms with van der Waals surface area (Å²) in [6.45, 7) is 5.20. The van der Waals surface area contributed by atoms with Gasteiger partial charge in [-0.15, -0.1) is 0 Å². The first-order chi connectivity index (χ1) is 19.0. The Morgan fingerprint density at radius 3 is 2.12 bits per heavy atom. The largest absolute Gasteiger partial charge is 0.493 e. The topological polar surface area (TPSA) is 128 Å². The van der Waals surface area contributed by atoms with Crippen molar-refractivity contribution in [2.45, 2.75) is 31.7 Å². The summed E-state index contributed by atoms with van der Waals surface area (Å²) < 4.78 is 56.8. The predicted octanol–water partition coefficient (Wildman–Crippen LogP) is 3.72. The molecule has 0 aliphatic carbocycles. The van der Waals surface area contributed by atoms with Crippen molar-refractivity contribution in [2.24, 2.45) is 21.1 Å². The highest BCUT2D eigenvalue weighted by molar-refractivity contribution is 7.92. The number of nitrogens with zero attached hydrogens (tertiary/aromatic N) is 4. The molecule has 0 bridgehead atoms. The van der Waals surface area contributed by atoms with Crippen molar-refractivity contribution >= 4 is 26.7 Å². The van der Waals surface area contributed by atoms with E-state index in [0.717, 1.165) is 6.42 Å². The number of imidazole rings is 2. The second kappa shape index (κ2) is 12.0. The third kappa shape index (κ3) is 6.26. The lowest BCUT2D eigenvalue weighted by Crippen LogP contribution is -2.19. The summed E-state index contributed by atoms with van der Waals surface area (Å²) in [6, 6.07) is 8.36. The zero-order valence-electron chi connectivity index (χ0n) is 23.6. The van der Waals surface area contributed by atoms with Crippen molar-refractivity contribution in [3.63, 3.8) is 0 Å². The predicted molar refractivity (Wildman–Crippen MR) is 151 cm³/mol. The van der Waals surface area contributed by atoms with Crippen molar-refractivity contribution in [2.75, 3.05) is 31.7 Å². The monoisotopic (exact) mass is 573 g/mol. The average Bonchev–Trinajstić information content (AvgIpc) is 3.37. The van der Waals surface area contributed by atoms with E-state index < -0.39 is 10.0 Å². The van der Waals surface area contributed by atoms with Crippen molar-refractivity contribution in [1.29, 1.82) is 0 Å². The lowest BCUT2D eigenvalue weighted by atomic mass is 10.2. The maximum Gasteiger partial charge on any atom is 0.328 e. The zero-order valence-corrected chi connectivity index (χ0v) is 24.4. The minimum atomic E-state index is -4.08. The van der Waals surface area contributed by atoms with Crippen molar-refractivity contribution in [3.05, 3.63) is 52.8 Å². The minimum Gasteiger partial charge on any atom is -0.493 e. The molecule has 0 radical (unpaired) electrons. The summed E-state index contributed by atoms with van der Waals surface area (Å²) in [5.41, 5.74) is 0.966. The van der Waals surface area contributed by atoms with Crippen molar-refractivity contribution < 1.29 is 27.4 Å². The van der Waals surface area contributed by atoms with Gasteiger partial charge in [0.2, 0.25) is 0 Å². The Morgan fingerprint density at radius 2 is 1.52 bits per heavy atom. The fourth-order valence-electron chi connectivity index (χ4n) is 4.05. The molecule has 0 aliphatic rings. The Kier molecular flexibility index (Phi) is 8.74. The van der Waals surface area contributed by atoms with Crippen LogP contribution in [-0.2, 0) is 35.9 Å². The van der Waals surface area contributed by atoms with Crippen LogP contribution in [-0.4, -0.2) is 54.0 Å². The molecule has 1 N–H and O–H groups in total. The van der Waals surface area contributed by atoms with Gasteiger partial charge in [0.1, 0.15) is 23.1 Å². The number of ether oxygens (including phenoxy) is 4. The quantitative estimate of drug-likeness (QED) is 0.240. The molecular formula is C27H35N5O7S. The normalized spacial score (nSPS) is 11.7. The number of nitrogens with one attached hydrogen (secondary N) is 1. The first-order valence-electron chi connectivity index (χ1n) is 12.8. The number of hydrogen-bond donors (Lipinski definition) is 1. The van der Waals surface area contributed by atoms with Gasteiger partial charge in [0, 0.05) is 71.7 Å². The molecule has 2 aromatic heterocycles. The van der Waals surface area contributed by atoms with Crippen LogP contribution in [0.2, 0.25) is 0 Å². The first kappa shape index (κ1) is 29.0. The Hall–Kier alpha value is -3.97. The number of rotatable bonds is 13. The van der Waals surface area contributed by atoms with Gasteiger partial charge >= 0.3 is 5.69 Å². The lowest BCUT2D eigenvalue weighted by molar-refractivity contribution is 0.172. The van der Waals surface area contributed by atoms with E-state index in [1.165, 1.54) is 15.3 Å². The number of aryl methyl sites for hydroxylation is 4. The first-order valence-corrected chi connectivity index (χ1v) is 14.3. The van der Waals surface area contributed by atoms with Crippen LogP contribution in [0.25, 0.3) is 11.0 Å².